The Morgan fingerprint density at radius 3 is 2.75 bits per heavy atom. The van der Waals surface area contributed by atoms with Gasteiger partial charge in [0.2, 0.25) is 0 Å². The Morgan fingerprint density at radius 1 is 1.38 bits per heavy atom. The van der Waals surface area contributed by atoms with Crippen molar-refractivity contribution < 1.29 is 0 Å². The van der Waals surface area contributed by atoms with Gasteiger partial charge < -0.3 is 9.88 Å². The van der Waals surface area contributed by atoms with Gasteiger partial charge in [-0.25, -0.2) is 4.98 Å². The summed E-state index contributed by atoms with van der Waals surface area (Å²) in [5.41, 5.74) is 1.13. The molecule has 0 aliphatic heterocycles. The molecule has 16 heavy (non-hydrogen) atoms. The summed E-state index contributed by atoms with van der Waals surface area (Å²) in [5, 5.41) is 12.3. The number of nitrogens with zero attached hydrogens (tertiary/aromatic N) is 4. The lowest BCUT2D eigenvalue weighted by molar-refractivity contribution is 0.635. The molecule has 0 fully saturated rings. The molecular formula is C10H15N5S. The molecule has 0 saturated carbocycles. The van der Waals surface area contributed by atoms with Crippen molar-refractivity contribution in [1.82, 2.24) is 25.1 Å². The highest BCUT2D eigenvalue weighted by Gasteiger charge is 2.04. The van der Waals surface area contributed by atoms with Crippen LogP contribution in [0.3, 0.4) is 0 Å². The molecule has 0 saturated heterocycles. The molecule has 0 unspecified atom stereocenters. The number of aryl methyl sites for hydroxylation is 3. The van der Waals surface area contributed by atoms with E-state index in [1.165, 1.54) is 4.88 Å². The minimum atomic E-state index is 0.716. The van der Waals surface area contributed by atoms with Crippen LogP contribution < -0.4 is 5.32 Å². The van der Waals surface area contributed by atoms with Crippen LogP contribution in [0, 0.1) is 13.8 Å². The van der Waals surface area contributed by atoms with Crippen molar-refractivity contribution in [3.05, 3.63) is 27.7 Å². The van der Waals surface area contributed by atoms with Crippen molar-refractivity contribution in [2.75, 3.05) is 0 Å². The molecule has 0 aliphatic carbocycles. The van der Waals surface area contributed by atoms with E-state index in [4.69, 9.17) is 0 Å². The van der Waals surface area contributed by atoms with E-state index >= 15 is 0 Å². The van der Waals surface area contributed by atoms with Gasteiger partial charge in [-0.3, -0.25) is 0 Å². The van der Waals surface area contributed by atoms with Crippen LogP contribution in [0.2, 0.25) is 0 Å². The molecule has 0 spiro atoms. The van der Waals surface area contributed by atoms with Crippen molar-refractivity contribution >= 4 is 11.3 Å². The van der Waals surface area contributed by atoms with Gasteiger partial charge in [0.1, 0.15) is 17.2 Å². The Morgan fingerprint density at radius 2 is 2.19 bits per heavy atom. The summed E-state index contributed by atoms with van der Waals surface area (Å²) in [6, 6.07) is 0. The lowest BCUT2D eigenvalue weighted by Gasteiger charge is -2.01. The van der Waals surface area contributed by atoms with Gasteiger partial charge in [-0.1, -0.05) is 0 Å². The fourth-order valence-corrected chi connectivity index (χ4v) is 2.27. The Kier molecular flexibility index (Phi) is 3.31. The molecule has 2 aromatic heterocycles. The minimum absolute atomic E-state index is 0.716. The number of aromatic nitrogens is 4. The number of hydrogen-bond acceptors (Lipinski definition) is 5. The van der Waals surface area contributed by atoms with Gasteiger partial charge in [0.15, 0.2) is 0 Å². The molecule has 1 N–H and O–H groups in total. The summed E-state index contributed by atoms with van der Waals surface area (Å²) in [6.45, 7) is 5.64. The highest BCUT2D eigenvalue weighted by atomic mass is 32.1. The molecule has 0 bridgehead atoms. The van der Waals surface area contributed by atoms with Gasteiger partial charge >= 0.3 is 0 Å². The standard InChI is InChI=1S/C10H15N5S/c1-7-8(2)16-10(13-7)5-11-4-9-14-12-6-15(9)3/h6,11H,4-5H2,1-3H3. The van der Waals surface area contributed by atoms with E-state index in [1.807, 2.05) is 18.5 Å². The van der Waals surface area contributed by atoms with Crippen LogP contribution in [0.25, 0.3) is 0 Å². The van der Waals surface area contributed by atoms with Crippen LogP contribution >= 0.6 is 11.3 Å². The molecule has 2 rings (SSSR count). The summed E-state index contributed by atoms with van der Waals surface area (Å²) in [5.74, 6) is 0.935. The molecule has 0 amide bonds. The smallest absolute Gasteiger partial charge is 0.146 e. The highest BCUT2D eigenvalue weighted by molar-refractivity contribution is 7.11. The lowest BCUT2D eigenvalue weighted by Crippen LogP contribution is -2.15. The van der Waals surface area contributed by atoms with Gasteiger partial charge in [0.25, 0.3) is 0 Å². The number of thiazole rings is 1. The van der Waals surface area contributed by atoms with E-state index < -0.39 is 0 Å². The topological polar surface area (TPSA) is 55.6 Å². The second-order valence-corrected chi connectivity index (χ2v) is 5.00. The van der Waals surface area contributed by atoms with E-state index in [2.05, 4.69) is 27.4 Å². The van der Waals surface area contributed by atoms with Crippen LogP contribution in [0.1, 0.15) is 21.4 Å². The average Bonchev–Trinajstić information content (AvgIpc) is 2.76. The van der Waals surface area contributed by atoms with Crippen LogP contribution in [-0.4, -0.2) is 19.7 Å². The zero-order chi connectivity index (χ0) is 11.5. The number of rotatable bonds is 4. The van der Waals surface area contributed by atoms with Crippen LogP contribution in [0.5, 0.6) is 0 Å². The summed E-state index contributed by atoms with van der Waals surface area (Å²) >= 11 is 1.74. The first-order chi connectivity index (χ1) is 7.66. The van der Waals surface area contributed by atoms with Crippen LogP contribution in [-0.2, 0) is 20.1 Å². The molecular weight excluding hydrogens is 222 g/mol. The summed E-state index contributed by atoms with van der Waals surface area (Å²) < 4.78 is 1.91. The second-order valence-electron chi connectivity index (χ2n) is 3.71. The zero-order valence-electron chi connectivity index (χ0n) is 9.69. The quantitative estimate of drug-likeness (QED) is 0.867. The molecule has 2 aromatic rings. The average molecular weight is 237 g/mol. The van der Waals surface area contributed by atoms with Crippen molar-refractivity contribution in [2.45, 2.75) is 26.9 Å². The first-order valence-electron chi connectivity index (χ1n) is 5.13. The van der Waals surface area contributed by atoms with E-state index in [0.29, 0.717) is 6.54 Å². The van der Waals surface area contributed by atoms with Crippen molar-refractivity contribution in [1.29, 1.82) is 0 Å². The Hall–Kier alpha value is -1.27. The predicted molar refractivity (Wildman–Crippen MR) is 63.1 cm³/mol. The summed E-state index contributed by atoms with van der Waals surface area (Å²) in [7, 11) is 1.94. The predicted octanol–water partition coefficient (Wildman–Crippen LogP) is 1.18. The minimum Gasteiger partial charge on any atom is -0.320 e. The fourth-order valence-electron chi connectivity index (χ4n) is 1.36. The number of nitrogens with one attached hydrogen (secondary N) is 1. The molecule has 0 aromatic carbocycles. The maximum atomic E-state index is 4.46. The third kappa shape index (κ3) is 2.45. The second kappa shape index (κ2) is 4.71. The van der Waals surface area contributed by atoms with Crippen molar-refractivity contribution in [3.8, 4) is 0 Å². The number of hydrogen-bond donors (Lipinski definition) is 1. The van der Waals surface area contributed by atoms with Gasteiger partial charge in [0.05, 0.1) is 12.2 Å². The van der Waals surface area contributed by atoms with E-state index in [1.54, 1.807) is 17.7 Å². The van der Waals surface area contributed by atoms with Crippen molar-refractivity contribution in [3.63, 3.8) is 0 Å². The van der Waals surface area contributed by atoms with Crippen molar-refractivity contribution in [2.24, 2.45) is 7.05 Å². The Bertz CT molecular complexity index is 454. The maximum Gasteiger partial charge on any atom is 0.146 e. The van der Waals surface area contributed by atoms with Gasteiger partial charge in [0, 0.05) is 18.5 Å². The third-order valence-corrected chi connectivity index (χ3v) is 3.51. The first kappa shape index (κ1) is 11.2. The lowest BCUT2D eigenvalue weighted by atomic mass is 10.4. The summed E-state index contributed by atoms with van der Waals surface area (Å²) in [4.78, 5) is 5.75. The normalized spacial score (nSPS) is 10.9. The molecule has 6 heteroatoms. The Balaban J connectivity index is 1.87. The van der Waals surface area contributed by atoms with E-state index in [9.17, 15) is 0 Å². The van der Waals surface area contributed by atoms with E-state index in [-0.39, 0.29) is 0 Å². The van der Waals surface area contributed by atoms with Crippen LogP contribution in [0.15, 0.2) is 6.33 Å². The Labute approximate surface area is 98.5 Å². The molecule has 0 atom stereocenters. The third-order valence-electron chi connectivity index (χ3n) is 2.44. The first-order valence-corrected chi connectivity index (χ1v) is 5.95. The highest BCUT2D eigenvalue weighted by Crippen LogP contribution is 2.15. The van der Waals surface area contributed by atoms with E-state index in [0.717, 1.165) is 23.1 Å². The maximum absolute atomic E-state index is 4.46. The largest absolute Gasteiger partial charge is 0.320 e. The van der Waals surface area contributed by atoms with Gasteiger partial charge in [-0.15, -0.1) is 21.5 Å². The fraction of sp³-hybridized carbons (Fsp3) is 0.500. The summed E-state index contributed by atoms with van der Waals surface area (Å²) in [6.07, 6.45) is 1.70. The molecule has 86 valence electrons. The zero-order valence-corrected chi connectivity index (χ0v) is 10.5. The molecule has 0 aliphatic rings. The SMILES string of the molecule is Cc1nc(CNCc2nncn2C)sc1C. The van der Waals surface area contributed by atoms with Gasteiger partial charge in [-0.2, -0.15) is 0 Å². The molecule has 0 radical (unpaired) electrons. The van der Waals surface area contributed by atoms with Gasteiger partial charge in [-0.05, 0) is 13.8 Å². The monoisotopic (exact) mass is 237 g/mol. The van der Waals surface area contributed by atoms with Crippen LogP contribution in [0.4, 0.5) is 0 Å². The molecule has 2 heterocycles. The molecule has 5 nitrogen and oxygen atoms in total.